The Balaban J connectivity index is 1.89. The van der Waals surface area contributed by atoms with Gasteiger partial charge in [0.15, 0.2) is 5.82 Å². The van der Waals surface area contributed by atoms with Crippen LogP contribution in [0.15, 0.2) is 53.3 Å². The third-order valence-electron chi connectivity index (χ3n) is 6.02. The van der Waals surface area contributed by atoms with Gasteiger partial charge in [0, 0.05) is 29.8 Å². The minimum absolute atomic E-state index is 0.0690. The quantitative estimate of drug-likeness (QED) is 0.191. The van der Waals surface area contributed by atoms with Crippen LogP contribution in [-0.4, -0.2) is 50.0 Å². The van der Waals surface area contributed by atoms with Crippen LogP contribution in [0.2, 0.25) is 5.02 Å². The number of aromatic nitrogens is 3. The molecule has 2 aromatic heterocycles. The zero-order valence-corrected chi connectivity index (χ0v) is 25.8. The van der Waals surface area contributed by atoms with Crippen LogP contribution in [0.25, 0.3) is 17.1 Å². The van der Waals surface area contributed by atoms with Gasteiger partial charge in [0.1, 0.15) is 41.1 Å². The number of carbonyl (C=O) groups excluding carboxylic acids is 1. The number of hydrogen-bond acceptors (Lipinski definition) is 7. The maximum atomic E-state index is 15.3. The van der Waals surface area contributed by atoms with Crippen molar-refractivity contribution in [2.45, 2.75) is 45.8 Å². The average Bonchev–Trinajstić information content (AvgIpc) is 3.14. The fourth-order valence-electron chi connectivity index (χ4n) is 4.27. The summed E-state index contributed by atoms with van der Waals surface area (Å²) in [5.41, 5.74) is -4.22. The van der Waals surface area contributed by atoms with E-state index >= 15 is 8.78 Å². The van der Waals surface area contributed by atoms with Crippen molar-refractivity contribution in [2.75, 3.05) is 11.9 Å². The molecule has 4 rings (SSSR count). The number of nitrogens with one attached hydrogen (secondary N) is 1. The monoisotopic (exact) mass is 670 g/mol. The molecule has 46 heavy (non-hydrogen) atoms. The molecule has 1 amide bonds. The normalized spacial score (nSPS) is 11.9. The zero-order chi connectivity index (χ0) is 34.1. The number of alkyl halides is 3. The van der Waals surface area contributed by atoms with Crippen molar-refractivity contribution in [1.82, 2.24) is 14.3 Å². The van der Waals surface area contributed by atoms with E-state index in [-0.39, 0.29) is 40.7 Å². The molecule has 0 unspecified atom stereocenters. The van der Waals surface area contributed by atoms with Crippen molar-refractivity contribution in [3.05, 3.63) is 81.1 Å². The van der Waals surface area contributed by atoms with E-state index in [2.05, 4.69) is 15.0 Å². The molecule has 0 saturated carbocycles. The second-order valence-electron chi connectivity index (χ2n) is 10.9. The summed E-state index contributed by atoms with van der Waals surface area (Å²) in [5.74, 6) is -3.96. The molecule has 0 aliphatic carbocycles. The molecule has 10 nitrogen and oxygen atoms in total. The molecule has 2 heterocycles. The highest BCUT2D eigenvalue weighted by Crippen LogP contribution is 2.34. The van der Waals surface area contributed by atoms with Gasteiger partial charge in [0.25, 0.3) is 11.5 Å². The lowest BCUT2D eigenvalue weighted by Gasteiger charge is -2.19. The van der Waals surface area contributed by atoms with Gasteiger partial charge in [-0.25, -0.2) is 8.78 Å². The number of carbonyl (C=O) groups is 1. The number of halogens is 6. The van der Waals surface area contributed by atoms with Gasteiger partial charge in [-0.3, -0.25) is 14.3 Å². The van der Waals surface area contributed by atoms with Crippen LogP contribution in [0.4, 0.5) is 27.6 Å². The first kappa shape index (κ1) is 34.2. The molecule has 246 valence electrons. The second kappa shape index (κ2) is 13.0. The molecule has 4 aromatic rings. The Hall–Kier alpha value is -4.63. The highest BCUT2D eigenvalue weighted by molar-refractivity contribution is 6.30. The van der Waals surface area contributed by atoms with E-state index in [4.69, 9.17) is 21.1 Å². The SMILES string of the molecule is CC(C)Oc1cc(OCC(C)(C)O)nc(-n2c(=O)c(NC(=O)c3ccc(OC(F)(F)F)cc3)c(-c3c(F)cc(Cl)cc3F)n2C)c1. The summed E-state index contributed by atoms with van der Waals surface area (Å²) in [5, 5.41) is 12.2. The van der Waals surface area contributed by atoms with Crippen LogP contribution < -0.4 is 25.1 Å². The number of ether oxygens (including phenoxy) is 3. The van der Waals surface area contributed by atoms with E-state index in [1.54, 1.807) is 13.8 Å². The number of benzene rings is 2. The van der Waals surface area contributed by atoms with Crippen LogP contribution in [0.3, 0.4) is 0 Å². The second-order valence-corrected chi connectivity index (χ2v) is 11.3. The smallest absolute Gasteiger partial charge is 0.491 e. The van der Waals surface area contributed by atoms with Crippen LogP contribution in [0, 0.1) is 11.6 Å². The van der Waals surface area contributed by atoms with Gasteiger partial charge in [-0.05, 0) is 64.1 Å². The Morgan fingerprint density at radius 2 is 1.65 bits per heavy atom. The summed E-state index contributed by atoms with van der Waals surface area (Å²) >= 11 is 5.82. The Labute approximate surface area is 263 Å². The number of aliphatic hydroxyl groups is 1. The summed E-state index contributed by atoms with van der Waals surface area (Å²) in [6.45, 7) is 6.28. The maximum absolute atomic E-state index is 15.3. The van der Waals surface area contributed by atoms with Crippen molar-refractivity contribution in [3.8, 4) is 34.5 Å². The van der Waals surface area contributed by atoms with Crippen molar-refractivity contribution < 1.29 is 46.1 Å². The number of hydrogen-bond donors (Lipinski definition) is 2. The minimum atomic E-state index is -4.97. The molecular weight excluding hydrogens is 643 g/mol. The highest BCUT2D eigenvalue weighted by atomic mass is 35.5. The van der Waals surface area contributed by atoms with E-state index in [1.807, 2.05) is 0 Å². The van der Waals surface area contributed by atoms with Crippen molar-refractivity contribution in [2.24, 2.45) is 7.05 Å². The average molecular weight is 671 g/mol. The van der Waals surface area contributed by atoms with Gasteiger partial charge in [-0.2, -0.15) is 9.67 Å². The first-order valence-corrected chi connectivity index (χ1v) is 13.9. The number of pyridine rings is 1. The fraction of sp³-hybridized carbons (Fsp3) is 0.300. The Bertz CT molecular complexity index is 1790. The Kier molecular flexibility index (Phi) is 9.68. The van der Waals surface area contributed by atoms with Crippen LogP contribution in [-0.2, 0) is 7.05 Å². The maximum Gasteiger partial charge on any atom is 0.573 e. The third kappa shape index (κ3) is 8.14. The predicted molar refractivity (Wildman–Crippen MR) is 158 cm³/mol. The lowest BCUT2D eigenvalue weighted by atomic mass is 10.1. The number of nitrogens with zero attached hydrogens (tertiary/aromatic N) is 3. The Morgan fingerprint density at radius 3 is 2.20 bits per heavy atom. The third-order valence-corrected chi connectivity index (χ3v) is 6.24. The van der Waals surface area contributed by atoms with Crippen LogP contribution in [0.5, 0.6) is 17.4 Å². The summed E-state index contributed by atoms with van der Waals surface area (Å²) in [4.78, 5) is 31.5. The van der Waals surface area contributed by atoms with E-state index < -0.39 is 57.8 Å². The molecule has 0 aliphatic rings. The number of rotatable bonds is 10. The summed E-state index contributed by atoms with van der Waals surface area (Å²) in [6, 6.07) is 8.15. The predicted octanol–water partition coefficient (Wildman–Crippen LogP) is 6.26. The summed E-state index contributed by atoms with van der Waals surface area (Å²) in [7, 11) is 1.28. The van der Waals surface area contributed by atoms with Crippen molar-refractivity contribution in [3.63, 3.8) is 0 Å². The van der Waals surface area contributed by atoms with Crippen molar-refractivity contribution in [1.29, 1.82) is 0 Å². The number of anilines is 1. The molecule has 0 fully saturated rings. The molecule has 2 N–H and O–H groups in total. The number of amides is 1. The molecule has 0 bridgehead atoms. The van der Waals surface area contributed by atoms with Gasteiger partial charge < -0.3 is 24.6 Å². The topological polar surface area (TPSA) is 117 Å². The first-order valence-electron chi connectivity index (χ1n) is 13.5. The molecule has 0 radical (unpaired) electrons. The summed E-state index contributed by atoms with van der Waals surface area (Å²) < 4.78 is 85.4. The molecule has 0 saturated heterocycles. The van der Waals surface area contributed by atoms with E-state index in [0.29, 0.717) is 0 Å². The summed E-state index contributed by atoms with van der Waals surface area (Å²) in [6.07, 6.45) is -5.30. The van der Waals surface area contributed by atoms with E-state index in [9.17, 15) is 27.9 Å². The van der Waals surface area contributed by atoms with E-state index in [1.165, 1.54) is 33.0 Å². The minimum Gasteiger partial charge on any atom is -0.491 e. The molecule has 16 heteroatoms. The van der Waals surface area contributed by atoms with Gasteiger partial charge in [-0.1, -0.05) is 11.6 Å². The fourth-order valence-corrected chi connectivity index (χ4v) is 4.46. The molecule has 0 atom stereocenters. The van der Waals surface area contributed by atoms with E-state index in [0.717, 1.165) is 45.8 Å². The van der Waals surface area contributed by atoms with Crippen LogP contribution >= 0.6 is 11.6 Å². The lowest BCUT2D eigenvalue weighted by molar-refractivity contribution is -0.274. The first-order chi connectivity index (χ1) is 21.3. The zero-order valence-electron chi connectivity index (χ0n) is 25.0. The van der Waals surface area contributed by atoms with Gasteiger partial charge >= 0.3 is 6.36 Å². The molecular formula is C30H28ClF5N4O6. The molecule has 0 aliphatic heterocycles. The van der Waals surface area contributed by atoms with Gasteiger partial charge in [0.2, 0.25) is 5.88 Å². The standard InChI is InChI=1S/C30H28ClF5N4O6/c1-15(2)45-19-12-22(37-23(13-19)44-14-29(3,4)43)40-28(42)25(26(39(40)5)24-20(32)10-17(31)11-21(24)33)38-27(41)16-6-8-18(9-7-16)46-30(34,35)36/h6-13,15,43H,14H2,1-5H3,(H,38,41). The van der Waals surface area contributed by atoms with Crippen LogP contribution in [0.1, 0.15) is 38.1 Å². The van der Waals surface area contributed by atoms with Crippen molar-refractivity contribution >= 4 is 23.2 Å². The molecule has 0 spiro atoms. The van der Waals surface area contributed by atoms with Gasteiger partial charge in [0.05, 0.1) is 17.3 Å². The molecule has 2 aromatic carbocycles. The largest absolute Gasteiger partial charge is 0.573 e. The Morgan fingerprint density at radius 1 is 1.04 bits per heavy atom. The highest BCUT2D eigenvalue weighted by Gasteiger charge is 2.31. The lowest BCUT2D eigenvalue weighted by Crippen LogP contribution is -2.28. The van der Waals surface area contributed by atoms with Gasteiger partial charge in [-0.15, -0.1) is 13.2 Å².